The predicted octanol–water partition coefficient (Wildman–Crippen LogP) is 1.04. The van der Waals surface area contributed by atoms with Gasteiger partial charge in [-0.05, 0) is 25.7 Å². The Morgan fingerprint density at radius 3 is 2.21 bits per heavy atom. The SMILES string of the molecule is CCC(CC)(CNC(=O)N1CCC(O)CC1)C(=O)O. The lowest BCUT2D eigenvalue weighted by Gasteiger charge is -2.32. The molecule has 0 aromatic carbocycles. The number of hydrogen-bond acceptors (Lipinski definition) is 3. The maximum Gasteiger partial charge on any atom is 0.317 e. The average molecular weight is 272 g/mol. The van der Waals surface area contributed by atoms with Gasteiger partial charge in [-0.2, -0.15) is 0 Å². The van der Waals surface area contributed by atoms with Crippen LogP contribution in [0, 0.1) is 5.41 Å². The highest BCUT2D eigenvalue weighted by Crippen LogP contribution is 2.25. The highest BCUT2D eigenvalue weighted by molar-refractivity contribution is 5.78. The molecule has 0 aromatic rings. The average Bonchev–Trinajstić information content (AvgIpc) is 2.40. The number of carbonyl (C=O) groups excluding carboxylic acids is 1. The van der Waals surface area contributed by atoms with Crippen LogP contribution in [0.2, 0.25) is 0 Å². The summed E-state index contributed by atoms with van der Waals surface area (Å²) in [4.78, 5) is 24.9. The molecular formula is C13H24N2O4. The summed E-state index contributed by atoms with van der Waals surface area (Å²) in [6.45, 7) is 4.83. The molecule has 1 saturated heterocycles. The van der Waals surface area contributed by atoms with Gasteiger partial charge in [0.2, 0.25) is 0 Å². The van der Waals surface area contributed by atoms with Gasteiger partial charge in [-0.3, -0.25) is 4.79 Å². The molecule has 19 heavy (non-hydrogen) atoms. The van der Waals surface area contributed by atoms with E-state index in [0.717, 1.165) is 0 Å². The fourth-order valence-corrected chi connectivity index (χ4v) is 2.30. The lowest BCUT2D eigenvalue weighted by Crippen LogP contribution is -2.49. The van der Waals surface area contributed by atoms with Gasteiger partial charge in [-0.15, -0.1) is 0 Å². The second-order valence-electron chi connectivity index (χ2n) is 5.17. The van der Waals surface area contributed by atoms with Crippen LogP contribution < -0.4 is 5.32 Å². The minimum Gasteiger partial charge on any atom is -0.481 e. The molecule has 110 valence electrons. The molecule has 0 radical (unpaired) electrons. The summed E-state index contributed by atoms with van der Waals surface area (Å²) in [5.41, 5.74) is -0.884. The molecule has 1 fully saturated rings. The summed E-state index contributed by atoms with van der Waals surface area (Å²) < 4.78 is 0. The number of aliphatic hydroxyl groups excluding tert-OH is 1. The van der Waals surface area contributed by atoms with Crippen LogP contribution in [-0.2, 0) is 4.79 Å². The molecule has 1 heterocycles. The zero-order chi connectivity index (χ0) is 14.5. The zero-order valence-corrected chi connectivity index (χ0v) is 11.7. The van der Waals surface area contributed by atoms with Crippen molar-refractivity contribution in [2.24, 2.45) is 5.41 Å². The second-order valence-corrected chi connectivity index (χ2v) is 5.17. The lowest BCUT2D eigenvalue weighted by molar-refractivity contribution is -0.149. The van der Waals surface area contributed by atoms with E-state index in [2.05, 4.69) is 5.32 Å². The molecule has 1 rings (SSSR count). The number of hydrogen-bond donors (Lipinski definition) is 3. The van der Waals surface area contributed by atoms with Crippen molar-refractivity contribution in [1.82, 2.24) is 10.2 Å². The number of nitrogens with one attached hydrogen (secondary N) is 1. The molecule has 3 N–H and O–H groups in total. The molecule has 6 nitrogen and oxygen atoms in total. The number of amides is 2. The van der Waals surface area contributed by atoms with Crippen LogP contribution in [0.1, 0.15) is 39.5 Å². The van der Waals surface area contributed by atoms with Crippen molar-refractivity contribution >= 4 is 12.0 Å². The summed E-state index contributed by atoms with van der Waals surface area (Å²) in [7, 11) is 0. The Morgan fingerprint density at radius 2 is 1.79 bits per heavy atom. The fourth-order valence-electron chi connectivity index (χ4n) is 2.30. The van der Waals surface area contributed by atoms with E-state index in [1.54, 1.807) is 4.90 Å². The Labute approximate surface area is 113 Å². The van der Waals surface area contributed by atoms with Crippen molar-refractivity contribution in [2.75, 3.05) is 19.6 Å². The van der Waals surface area contributed by atoms with Crippen LogP contribution in [0.15, 0.2) is 0 Å². The van der Waals surface area contributed by atoms with E-state index >= 15 is 0 Å². The first-order valence-electron chi connectivity index (χ1n) is 6.89. The zero-order valence-electron chi connectivity index (χ0n) is 11.7. The van der Waals surface area contributed by atoms with Gasteiger partial charge in [0.25, 0.3) is 0 Å². The number of aliphatic carboxylic acids is 1. The first-order valence-corrected chi connectivity index (χ1v) is 6.89. The number of aliphatic hydroxyl groups is 1. The number of nitrogens with zero attached hydrogens (tertiary/aromatic N) is 1. The highest BCUT2D eigenvalue weighted by atomic mass is 16.4. The highest BCUT2D eigenvalue weighted by Gasteiger charge is 2.35. The van der Waals surface area contributed by atoms with Gasteiger partial charge in [0, 0.05) is 19.6 Å². The molecule has 0 unspecified atom stereocenters. The largest absolute Gasteiger partial charge is 0.481 e. The van der Waals surface area contributed by atoms with E-state index in [1.807, 2.05) is 13.8 Å². The maximum atomic E-state index is 11.9. The molecule has 0 saturated carbocycles. The molecule has 0 atom stereocenters. The van der Waals surface area contributed by atoms with Crippen LogP contribution in [0.4, 0.5) is 4.79 Å². The van der Waals surface area contributed by atoms with Crippen LogP contribution in [0.5, 0.6) is 0 Å². The van der Waals surface area contributed by atoms with Crippen LogP contribution in [0.3, 0.4) is 0 Å². The van der Waals surface area contributed by atoms with Crippen LogP contribution in [0.25, 0.3) is 0 Å². The van der Waals surface area contributed by atoms with E-state index in [1.165, 1.54) is 0 Å². The number of carboxylic acid groups (broad SMARTS) is 1. The van der Waals surface area contributed by atoms with E-state index < -0.39 is 11.4 Å². The minimum atomic E-state index is -0.884. The third-order valence-electron chi connectivity index (χ3n) is 4.14. The van der Waals surface area contributed by atoms with Gasteiger partial charge in [-0.25, -0.2) is 4.79 Å². The van der Waals surface area contributed by atoms with E-state index in [0.29, 0.717) is 38.8 Å². The number of urea groups is 1. The molecule has 2 amide bonds. The van der Waals surface area contributed by atoms with E-state index in [-0.39, 0.29) is 18.7 Å². The van der Waals surface area contributed by atoms with Gasteiger partial charge in [-0.1, -0.05) is 13.8 Å². The topological polar surface area (TPSA) is 89.9 Å². The van der Waals surface area contributed by atoms with E-state index in [4.69, 9.17) is 0 Å². The van der Waals surface area contributed by atoms with E-state index in [9.17, 15) is 19.8 Å². The minimum absolute atomic E-state index is 0.146. The van der Waals surface area contributed by atoms with Gasteiger partial charge in [0.05, 0.1) is 11.5 Å². The number of carboxylic acids is 1. The van der Waals surface area contributed by atoms with Gasteiger partial charge in [0.15, 0.2) is 0 Å². The number of piperidine rings is 1. The number of likely N-dealkylation sites (tertiary alicyclic amines) is 1. The third kappa shape index (κ3) is 3.83. The number of rotatable bonds is 5. The quantitative estimate of drug-likeness (QED) is 0.697. The summed E-state index contributed by atoms with van der Waals surface area (Å²) >= 11 is 0. The molecule has 6 heteroatoms. The molecule has 0 spiro atoms. The summed E-state index contributed by atoms with van der Waals surface area (Å²) in [6, 6.07) is -0.237. The third-order valence-corrected chi connectivity index (χ3v) is 4.14. The summed E-state index contributed by atoms with van der Waals surface area (Å²) in [5.74, 6) is -0.869. The molecular weight excluding hydrogens is 248 g/mol. The monoisotopic (exact) mass is 272 g/mol. The Morgan fingerprint density at radius 1 is 1.26 bits per heavy atom. The van der Waals surface area contributed by atoms with Crippen molar-refractivity contribution in [2.45, 2.75) is 45.6 Å². The molecule has 1 aliphatic heterocycles. The summed E-state index contributed by atoms with van der Waals surface area (Å²) in [5, 5.41) is 21.4. The van der Waals surface area contributed by atoms with Crippen molar-refractivity contribution in [3.63, 3.8) is 0 Å². The van der Waals surface area contributed by atoms with Gasteiger partial charge < -0.3 is 20.4 Å². The fraction of sp³-hybridized carbons (Fsp3) is 0.846. The first kappa shape index (κ1) is 15.8. The Bertz CT molecular complexity index is 321. The Balaban J connectivity index is 2.50. The van der Waals surface area contributed by atoms with Crippen LogP contribution in [-0.4, -0.2) is 52.9 Å². The standard InChI is InChI=1S/C13H24N2O4/c1-3-13(4-2,11(17)18)9-14-12(19)15-7-5-10(16)6-8-15/h10,16H,3-9H2,1-2H3,(H,14,19)(H,17,18). The molecule has 1 aliphatic rings. The first-order chi connectivity index (χ1) is 8.95. The molecule has 0 bridgehead atoms. The maximum absolute atomic E-state index is 11.9. The Kier molecular flexibility index (Phi) is 5.60. The van der Waals surface area contributed by atoms with Crippen molar-refractivity contribution in [3.05, 3.63) is 0 Å². The van der Waals surface area contributed by atoms with Gasteiger partial charge >= 0.3 is 12.0 Å². The lowest BCUT2D eigenvalue weighted by atomic mass is 9.82. The normalized spacial score (nSPS) is 17.3. The van der Waals surface area contributed by atoms with Crippen LogP contribution >= 0.6 is 0 Å². The second kappa shape index (κ2) is 6.75. The molecule has 0 aliphatic carbocycles. The van der Waals surface area contributed by atoms with Crippen molar-refractivity contribution in [3.8, 4) is 0 Å². The smallest absolute Gasteiger partial charge is 0.317 e. The van der Waals surface area contributed by atoms with Crippen molar-refractivity contribution < 1.29 is 19.8 Å². The summed E-state index contributed by atoms with van der Waals surface area (Å²) in [6.07, 6.45) is 1.81. The predicted molar refractivity (Wildman–Crippen MR) is 70.9 cm³/mol. The Hall–Kier alpha value is -1.30. The van der Waals surface area contributed by atoms with Gasteiger partial charge in [0.1, 0.15) is 0 Å². The number of carbonyl (C=O) groups is 2. The molecule has 0 aromatic heterocycles. The van der Waals surface area contributed by atoms with Crippen molar-refractivity contribution in [1.29, 1.82) is 0 Å².